The number of hydrogen-bond donors (Lipinski definition) is 5. The molecule has 3 aliphatic carbocycles. The van der Waals surface area contributed by atoms with Gasteiger partial charge in [-0.25, -0.2) is 9.59 Å². The second-order valence-electron chi connectivity index (χ2n) is 15.1. The number of aromatic hydroxyl groups is 1. The van der Waals surface area contributed by atoms with E-state index in [0.717, 1.165) is 0 Å². The molecule has 17 nitrogen and oxygen atoms in total. The van der Waals surface area contributed by atoms with E-state index in [0.29, 0.717) is 11.3 Å². The Hall–Kier alpha value is -4.71. The number of benzene rings is 1. The van der Waals surface area contributed by atoms with Crippen molar-refractivity contribution >= 4 is 41.0 Å². The lowest BCUT2D eigenvalue weighted by molar-refractivity contribution is -0.158. The van der Waals surface area contributed by atoms with Crippen LogP contribution in [0, 0.1) is 17.3 Å². The zero-order chi connectivity index (χ0) is 39.7. The van der Waals surface area contributed by atoms with Gasteiger partial charge < -0.3 is 54.9 Å². The summed E-state index contributed by atoms with van der Waals surface area (Å²) in [5.74, 6) is -8.32. The highest BCUT2D eigenvalue weighted by Crippen LogP contribution is 2.54. The number of fused-ring (bicyclic) bond motifs is 3. The summed E-state index contributed by atoms with van der Waals surface area (Å²) in [6, 6.07) is 0.441. The second-order valence-corrected chi connectivity index (χ2v) is 15.1. The Morgan fingerprint density at radius 2 is 1.70 bits per heavy atom. The number of amides is 2. The van der Waals surface area contributed by atoms with Gasteiger partial charge in [0.1, 0.15) is 29.4 Å². The first kappa shape index (κ1) is 41.1. The maximum absolute atomic E-state index is 14.3. The molecule has 1 saturated carbocycles. The van der Waals surface area contributed by atoms with E-state index in [4.69, 9.17) is 24.7 Å². The minimum absolute atomic E-state index is 0.0593. The van der Waals surface area contributed by atoms with Crippen LogP contribution in [-0.2, 0) is 51.1 Å². The van der Waals surface area contributed by atoms with Crippen molar-refractivity contribution in [2.45, 2.75) is 51.8 Å². The Balaban J connectivity index is 1.75. The van der Waals surface area contributed by atoms with Crippen LogP contribution in [0.1, 0.15) is 43.9 Å². The molecule has 0 saturated heterocycles. The van der Waals surface area contributed by atoms with Crippen molar-refractivity contribution in [3.8, 4) is 5.75 Å². The van der Waals surface area contributed by atoms with Crippen LogP contribution in [0.2, 0.25) is 0 Å². The standard InChI is InChI=1S/C36H50N4O13/c1-35(2,3)16-40(34(48)53-17-52-23(41)15-51-10-9-50-8)14-19-13-22(38(4)5)20-11-18-12-21-27(39(6)7)30(44)26(33(37)47)32(46)36(21,49)31(45)24(18)29(43)25(20)28(19)42/h13,18,21,27,42-43,46,49H,9-12,14-17H2,1-8H3,(H2,37,47)/t18-,21-,27-,36-/m0/s1. The van der Waals surface area contributed by atoms with Gasteiger partial charge in [0.05, 0.1) is 31.4 Å². The van der Waals surface area contributed by atoms with Gasteiger partial charge in [0.2, 0.25) is 12.6 Å². The number of nitrogens with zero attached hydrogens (tertiary/aromatic N) is 3. The van der Waals surface area contributed by atoms with Crippen LogP contribution in [0.3, 0.4) is 0 Å². The summed E-state index contributed by atoms with van der Waals surface area (Å²) in [5, 5.41) is 46.7. The SMILES string of the molecule is COCCOCC(=O)OCOC(=O)N(Cc1cc(N(C)C)c2c(c1O)C(O)=C1C(=O)[C@]3(O)C(O)=C(C(N)=O)C(=O)[C@@H](N(C)C)[C@@H]3C[C@@H]1C2)CC(C)(C)C. The van der Waals surface area contributed by atoms with Gasteiger partial charge in [0, 0.05) is 50.5 Å². The number of carbonyl (C=O) groups is 5. The zero-order valence-electron chi connectivity index (χ0n) is 31.3. The molecule has 1 fully saturated rings. The zero-order valence-corrected chi connectivity index (χ0v) is 31.3. The minimum Gasteiger partial charge on any atom is -0.508 e. The third-order valence-electron chi connectivity index (χ3n) is 9.60. The number of Topliss-reactive ketones (excluding diaryl/α,β-unsaturated/α-hetero) is 2. The van der Waals surface area contributed by atoms with Gasteiger partial charge in [-0.15, -0.1) is 0 Å². The summed E-state index contributed by atoms with van der Waals surface area (Å²) in [6.45, 7) is 4.87. The predicted octanol–water partition coefficient (Wildman–Crippen LogP) is 1.18. The molecule has 2 amide bonds. The summed E-state index contributed by atoms with van der Waals surface area (Å²) in [5.41, 5.74) is 2.02. The third-order valence-corrected chi connectivity index (χ3v) is 9.60. The molecule has 292 valence electrons. The smallest absolute Gasteiger partial charge is 0.412 e. The number of esters is 1. The van der Waals surface area contributed by atoms with Crippen molar-refractivity contribution in [2.75, 3.05) is 73.4 Å². The number of phenols is 1. The van der Waals surface area contributed by atoms with Crippen molar-refractivity contribution in [1.82, 2.24) is 9.80 Å². The first-order chi connectivity index (χ1) is 24.7. The summed E-state index contributed by atoms with van der Waals surface area (Å²) in [6.07, 6.45) is -0.842. The quantitative estimate of drug-likeness (QED) is 0.0824. The highest BCUT2D eigenvalue weighted by atomic mass is 16.7. The number of likely N-dealkylation sites (N-methyl/N-ethyl adjacent to an activating group) is 1. The predicted molar refractivity (Wildman–Crippen MR) is 189 cm³/mol. The van der Waals surface area contributed by atoms with Crippen molar-refractivity contribution in [3.05, 3.63) is 39.7 Å². The van der Waals surface area contributed by atoms with Crippen LogP contribution in [0.15, 0.2) is 23.0 Å². The van der Waals surface area contributed by atoms with Crippen molar-refractivity contribution < 1.29 is 63.3 Å². The summed E-state index contributed by atoms with van der Waals surface area (Å²) >= 11 is 0. The Morgan fingerprint density at radius 3 is 2.26 bits per heavy atom. The normalized spacial score (nSPS) is 22.6. The molecule has 1 aromatic carbocycles. The van der Waals surface area contributed by atoms with Crippen molar-refractivity contribution in [3.63, 3.8) is 0 Å². The molecule has 4 atom stereocenters. The van der Waals surface area contributed by atoms with Gasteiger partial charge in [0.15, 0.2) is 11.4 Å². The highest BCUT2D eigenvalue weighted by molar-refractivity contribution is 6.24. The van der Waals surface area contributed by atoms with Gasteiger partial charge in [-0.3, -0.25) is 19.3 Å². The average Bonchev–Trinajstić information content (AvgIpc) is 3.04. The number of ketones is 2. The fraction of sp³-hybridized carbons (Fsp3) is 0.583. The number of ether oxygens (including phenoxy) is 4. The van der Waals surface area contributed by atoms with Gasteiger partial charge >= 0.3 is 12.1 Å². The maximum Gasteiger partial charge on any atom is 0.412 e. The molecule has 3 aliphatic rings. The summed E-state index contributed by atoms with van der Waals surface area (Å²) < 4.78 is 20.1. The molecule has 0 aromatic heterocycles. The first-order valence-electron chi connectivity index (χ1n) is 17.0. The lowest BCUT2D eigenvalue weighted by atomic mass is 9.57. The molecular formula is C36H50N4O13. The van der Waals surface area contributed by atoms with E-state index in [1.165, 1.54) is 31.0 Å². The van der Waals surface area contributed by atoms with Crippen LogP contribution in [0.5, 0.6) is 5.75 Å². The fourth-order valence-corrected chi connectivity index (χ4v) is 7.41. The summed E-state index contributed by atoms with van der Waals surface area (Å²) in [4.78, 5) is 69.8. The van der Waals surface area contributed by atoms with Crippen LogP contribution >= 0.6 is 0 Å². The highest BCUT2D eigenvalue weighted by Gasteiger charge is 2.64. The van der Waals surface area contributed by atoms with E-state index in [1.807, 2.05) is 20.8 Å². The van der Waals surface area contributed by atoms with Gasteiger partial charge in [0.25, 0.3) is 5.91 Å². The van der Waals surface area contributed by atoms with Crippen LogP contribution < -0.4 is 10.6 Å². The molecule has 4 rings (SSSR count). The van der Waals surface area contributed by atoms with Crippen molar-refractivity contribution in [2.24, 2.45) is 23.0 Å². The number of aliphatic hydroxyl groups excluding tert-OH is 2. The minimum atomic E-state index is -2.78. The van der Waals surface area contributed by atoms with Crippen LogP contribution in [-0.4, -0.2) is 140 Å². The molecule has 0 bridgehead atoms. The van der Waals surface area contributed by atoms with E-state index < -0.39 is 88.1 Å². The number of methoxy groups -OCH3 is 1. The van der Waals surface area contributed by atoms with Crippen LogP contribution in [0.25, 0.3) is 5.76 Å². The van der Waals surface area contributed by atoms with Crippen LogP contribution in [0.4, 0.5) is 10.5 Å². The number of nitrogens with two attached hydrogens (primary N) is 1. The number of primary amides is 1. The maximum atomic E-state index is 14.3. The largest absolute Gasteiger partial charge is 0.508 e. The first-order valence-corrected chi connectivity index (χ1v) is 17.0. The molecule has 0 aliphatic heterocycles. The molecule has 17 heteroatoms. The lowest BCUT2D eigenvalue weighted by Gasteiger charge is -2.50. The van der Waals surface area contributed by atoms with E-state index >= 15 is 0 Å². The third kappa shape index (κ3) is 7.97. The Bertz CT molecular complexity index is 1730. The molecular weight excluding hydrogens is 696 g/mol. The van der Waals surface area contributed by atoms with Crippen molar-refractivity contribution in [1.29, 1.82) is 0 Å². The monoisotopic (exact) mass is 746 g/mol. The summed E-state index contributed by atoms with van der Waals surface area (Å²) in [7, 11) is 8.02. The molecule has 0 radical (unpaired) electrons. The van der Waals surface area contributed by atoms with Gasteiger partial charge in [-0.05, 0) is 49.9 Å². The van der Waals surface area contributed by atoms with E-state index in [-0.39, 0.29) is 62.5 Å². The average molecular weight is 747 g/mol. The molecule has 6 N–H and O–H groups in total. The lowest BCUT2D eigenvalue weighted by Crippen LogP contribution is -2.65. The van der Waals surface area contributed by atoms with E-state index in [9.17, 15) is 44.4 Å². The number of hydrogen-bond acceptors (Lipinski definition) is 15. The topological polar surface area (TPSA) is 239 Å². The fourth-order valence-electron chi connectivity index (χ4n) is 7.41. The number of rotatable bonds is 13. The Morgan fingerprint density at radius 1 is 1.04 bits per heavy atom. The Kier molecular flexibility index (Phi) is 12.2. The second kappa shape index (κ2) is 15.7. The number of phenolic OH excluding ortho intramolecular Hbond substituents is 1. The van der Waals surface area contributed by atoms with E-state index in [2.05, 4.69) is 0 Å². The van der Waals surface area contributed by atoms with Gasteiger partial charge in [-0.1, -0.05) is 20.8 Å². The Labute approximate surface area is 307 Å². The number of carbonyl (C=O) groups excluding carboxylic acids is 5. The molecule has 0 spiro atoms. The molecule has 0 heterocycles. The van der Waals surface area contributed by atoms with E-state index in [1.54, 1.807) is 25.1 Å². The molecule has 0 unspecified atom stereocenters. The molecule has 1 aromatic rings. The number of aliphatic hydroxyl groups is 3. The number of anilines is 1. The van der Waals surface area contributed by atoms with Gasteiger partial charge in [-0.2, -0.15) is 0 Å². The molecule has 53 heavy (non-hydrogen) atoms.